The van der Waals surface area contributed by atoms with E-state index in [0.717, 1.165) is 38.0 Å². The lowest BCUT2D eigenvalue weighted by Gasteiger charge is -2.25. The van der Waals surface area contributed by atoms with E-state index in [-0.39, 0.29) is 6.61 Å². The van der Waals surface area contributed by atoms with Gasteiger partial charge >= 0.3 is 0 Å². The first-order chi connectivity index (χ1) is 9.65. The molecule has 112 valence electrons. The molecule has 2 atom stereocenters. The summed E-state index contributed by atoms with van der Waals surface area (Å²) in [5.74, 6) is 1.03. The standard InChI is InChI=1S/C17H27NO2/c1-4-14(7-8-19)18-16-6-5-9-20-17-11-13(3)12(2)10-15(16)17/h10-11,14,16,18-19H,4-9H2,1-3H3. The number of ether oxygens (including phenoxy) is 1. The van der Waals surface area contributed by atoms with Crippen molar-refractivity contribution in [3.05, 3.63) is 28.8 Å². The van der Waals surface area contributed by atoms with Gasteiger partial charge in [-0.1, -0.05) is 13.0 Å². The molecule has 2 unspecified atom stereocenters. The SMILES string of the molecule is CCC(CCO)NC1CCCOc2cc(C)c(C)cc21. The molecule has 0 amide bonds. The molecule has 1 aromatic rings. The lowest BCUT2D eigenvalue weighted by molar-refractivity contribution is 0.253. The Kier molecular flexibility index (Phi) is 5.44. The van der Waals surface area contributed by atoms with Gasteiger partial charge in [-0.25, -0.2) is 0 Å². The maximum absolute atomic E-state index is 9.16. The number of aliphatic hydroxyl groups excluding tert-OH is 1. The topological polar surface area (TPSA) is 41.5 Å². The lowest BCUT2D eigenvalue weighted by Crippen LogP contribution is -2.33. The van der Waals surface area contributed by atoms with Crippen LogP contribution in [0.5, 0.6) is 5.75 Å². The highest BCUT2D eigenvalue weighted by Gasteiger charge is 2.22. The van der Waals surface area contributed by atoms with Gasteiger partial charge in [-0.05, 0) is 56.7 Å². The van der Waals surface area contributed by atoms with Gasteiger partial charge in [-0.2, -0.15) is 0 Å². The van der Waals surface area contributed by atoms with Crippen LogP contribution in [-0.2, 0) is 0 Å². The summed E-state index contributed by atoms with van der Waals surface area (Å²) in [6.45, 7) is 7.50. The van der Waals surface area contributed by atoms with Crippen LogP contribution in [0.4, 0.5) is 0 Å². The molecular weight excluding hydrogens is 250 g/mol. The first-order valence-electron chi connectivity index (χ1n) is 7.76. The minimum Gasteiger partial charge on any atom is -0.493 e. The van der Waals surface area contributed by atoms with Crippen LogP contribution in [0.25, 0.3) is 0 Å². The molecule has 20 heavy (non-hydrogen) atoms. The van der Waals surface area contributed by atoms with Gasteiger partial charge < -0.3 is 15.2 Å². The van der Waals surface area contributed by atoms with Crippen molar-refractivity contribution in [1.82, 2.24) is 5.32 Å². The minimum atomic E-state index is 0.245. The number of rotatable bonds is 5. The molecule has 1 aliphatic rings. The average molecular weight is 277 g/mol. The van der Waals surface area contributed by atoms with E-state index < -0.39 is 0 Å². The van der Waals surface area contributed by atoms with E-state index in [9.17, 15) is 0 Å². The zero-order valence-corrected chi connectivity index (χ0v) is 12.9. The van der Waals surface area contributed by atoms with E-state index in [1.165, 1.54) is 16.7 Å². The minimum absolute atomic E-state index is 0.245. The van der Waals surface area contributed by atoms with Crippen molar-refractivity contribution in [3.63, 3.8) is 0 Å². The van der Waals surface area contributed by atoms with Crippen molar-refractivity contribution in [2.45, 2.75) is 58.5 Å². The van der Waals surface area contributed by atoms with E-state index in [1.54, 1.807) is 0 Å². The van der Waals surface area contributed by atoms with E-state index in [4.69, 9.17) is 9.84 Å². The fourth-order valence-electron chi connectivity index (χ4n) is 2.85. The number of aliphatic hydroxyl groups is 1. The largest absolute Gasteiger partial charge is 0.493 e. The van der Waals surface area contributed by atoms with E-state index in [0.29, 0.717) is 12.1 Å². The summed E-state index contributed by atoms with van der Waals surface area (Å²) < 4.78 is 5.90. The number of hydrogen-bond acceptors (Lipinski definition) is 3. The van der Waals surface area contributed by atoms with E-state index in [1.807, 2.05) is 0 Å². The van der Waals surface area contributed by atoms with Crippen molar-refractivity contribution >= 4 is 0 Å². The molecule has 0 aliphatic carbocycles. The van der Waals surface area contributed by atoms with Crippen molar-refractivity contribution < 1.29 is 9.84 Å². The van der Waals surface area contributed by atoms with Gasteiger partial charge in [0.05, 0.1) is 6.61 Å². The van der Waals surface area contributed by atoms with Crippen LogP contribution in [0.15, 0.2) is 12.1 Å². The Morgan fingerprint density at radius 1 is 1.35 bits per heavy atom. The zero-order valence-electron chi connectivity index (χ0n) is 12.9. The van der Waals surface area contributed by atoms with Gasteiger partial charge in [-0.3, -0.25) is 0 Å². The number of aryl methyl sites for hydroxylation is 2. The molecule has 1 aliphatic heterocycles. The molecule has 3 nitrogen and oxygen atoms in total. The Labute approximate surface area is 122 Å². The summed E-state index contributed by atoms with van der Waals surface area (Å²) in [7, 11) is 0. The van der Waals surface area contributed by atoms with Gasteiger partial charge in [-0.15, -0.1) is 0 Å². The highest BCUT2D eigenvalue weighted by molar-refractivity contribution is 5.44. The maximum atomic E-state index is 9.16. The molecule has 0 radical (unpaired) electrons. The first-order valence-corrected chi connectivity index (χ1v) is 7.76. The van der Waals surface area contributed by atoms with E-state index in [2.05, 4.69) is 38.2 Å². The van der Waals surface area contributed by atoms with Crippen molar-refractivity contribution in [2.24, 2.45) is 0 Å². The number of fused-ring (bicyclic) bond motifs is 1. The summed E-state index contributed by atoms with van der Waals surface area (Å²) in [5.41, 5.74) is 3.88. The third-order valence-corrected chi connectivity index (χ3v) is 4.30. The fraction of sp³-hybridized carbons (Fsp3) is 0.647. The molecule has 1 heterocycles. The highest BCUT2D eigenvalue weighted by atomic mass is 16.5. The molecular formula is C17H27NO2. The van der Waals surface area contributed by atoms with Gasteiger partial charge in [0.1, 0.15) is 5.75 Å². The Bertz CT molecular complexity index is 445. The Hall–Kier alpha value is -1.06. The summed E-state index contributed by atoms with van der Waals surface area (Å²) in [6, 6.07) is 5.14. The maximum Gasteiger partial charge on any atom is 0.124 e. The van der Waals surface area contributed by atoms with Gasteiger partial charge in [0.2, 0.25) is 0 Å². The second-order valence-corrected chi connectivity index (χ2v) is 5.80. The Morgan fingerprint density at radius 2 is 2.10 bits per heavy atom. The molecule has 1 aromatic carbocycles. The molecule has 0 spiro atoms. The molecule has 0 saturated heterocycles. The molecule has 3 heteroatoms. The van der Waals surface area contributed by atoms with Crippen LogP contribution < -0.4 is 10.1 Å². The van der Waals surface area contributed by atoms with Crippen molar-refractivity contribution in [2.75, 3.05) is 13.2 Å². The molecule has 0 bridgehead atoms. The highest BCUT2D eigenvalue weighted by Crippen LogP contribution is 2.34. The smallest absolute Gasteiger partial charge is 0.124 e. The number of nitrogens with one attached hydrogen (secondary N) is 1. The second-order valence-electron chi connectivity index (χ2n) is 5.80. The molecule has 0 aromatic heterocycles. The van der Waals surface area contributed by atoms with E-state index >= 15 is 0 Å². The molecule has 2 N–H and O–H groups in total. The lowest BCUT2D eigenvalue weighted by atomic mass is 9.96. The molecule has 0 saturated carbocycles. The third kappa shape index (κ3) is 3.53. The van der Waals surface area contributed by atoms with Crippen LogP contribution in [0.3, 0.4) is 0 Å². The van der Waals surface area contributed by atoms with Crippen LogP contribution in [0.2, 0.25) is 0 Å². The van der Waals surface area contributed by atoms with Crippen molar-refractivity contribution in [3.8, 4) is 5.75 Å². The van der Waals surface area contributed by atoms with Gasteiger partial charge in [0.25, 0.3) is 0 Å². The predicted octanol–water partition coefficient (Wildman–Crippen LogP) is 3.27. The number of benzene rings is 1. The van der Waals surface area contributed by atoms with Gasteiger partial charge in [0, 0.05) is 24.3 Å². The number of hydrogen-bond donors (Lipinski definition) is 2. The Morgan fingerprint density at radius 3 is 2.80 bits per heavy atom. The fourth-order valence-corrected chi connectivity index (χ4v) is 2.85. The second kappa shape index (κ2) is 7.09. The van der Waals surface area contributed by atoms with Crippen LogP contribution in [-0.4, -0.2) is 24.4 Å². The van der Waals surface area contributed by atoms with Crippen molar-refractivity contribution in [1.29, 1.82) is 0 Å². The van der Waals surface area contributed by atoms with Crippen LogP contribution in [0.1, 0.15) is 55.3 Å². The summed E-state index contributed by atoms with van der Waals surface area (Å²) in [4.78, 5) is 0. The summed E-state index contributed by atoms with van der Waals surface area (Å²) >= 11 is 0. The monoisotopic (exact) mass is 277 g/mol. The summed E-state index contributed by atoms with van der Waals surface area (Å²) in [5, 5.41) is 12.9. The first kappa shape index (κ1) is 15.3. The third-order valence-electron chi connectivity index (χ3n) is 4.30. The van der Waals surface area contributed by atoms with Gasteiger partial charge in [0.15, 0.2) is 0 Å². The summed E-state index contributed by atoms with van der Waals surface area (Å²) in [6.07, 6.45) is 4.02. The predicted molar refractivity (Wildman–Crippen MR) is 82.3 cm³/mol. The quantitative estimate of drug-likeness (QED) is 0.868. The zero-order chi connectivity index (χ0) is 14.5. The van der Waals surface area contributed by atoms with Crippen LogP contribution >= 0.6 is 0 Å². The molecule has 2 rings (SSSR count). The average Bonchev–Trinajstić information content (AvgIpc) is 2.62. The van der Waals surface area contributed by atoms with Crippen LogP contribution in [0, 0.1) is 13.8 Å². The Balaban J connectivity index is 2.24. The normalized spacial score (nSPS) is 19.9. The molecule has 0 fully saturated rings.